The van der Waals surface area contributed by atoms with Crippen LogP contribution in [-0.4, -0.2) is 36.3 Å². The summed E-state index contributed by atoms with van der Waals surface area (Å²) in [7, 11) is 1.67. The monoisotopic (exact) mass is 401 g/mol. The number of benzene rings is 2. The minimum absolute atomic E-state index is 0.208. The first-order chi connectivity index (χ1) is 14.8. The third-order valence-corrected chi connectivity index (χ3v) is 5.42. The predicted molar refractivity (Wildman–Crippen MR) is 117 cm³/mol. The molecule has 1 N–H and O–H groups in total. The maximum atomic E-state index is 6.26. The van der Waals surface area contributed by atoms with Crippen molar-refractivity contribution in [2.24, 2.45) is 0 Å². The van der Waals surface area contributed by atoms with Gasteiger partial charge in [0.2, 0.25) is 5.71 Å². The van der Waals surface area contributed by atoms with Gasteiger partial charge >= 0.3 is 0 Å². The number of anilines is 1. The summed E-state index contributed by atoms with van der Waals surface area (Å²) in [5.41, 5.74) is 3.54. The smallest absolute Gasteiger partial charge is 0.232 e. The Labute approximate surface area is 174 Å². The first kappa shape index (κ1) is 18.6. The van der Waals surface area contributed by atoms with E-state index < -0.39 is 0 Å². The maximum Gasteiger partial charge on any atom is 0.232 e. The Balaban J connectivity index is 1.66. The number of methoxy groups -OCH3 is 1. The summed E-state index contributed by atoms with van der Waals surface area (Å²) >= 11 is 0. The van der Waals surface area contributed by atoms with Crippen molar-refractivity contribution in [2.75, 3.05) is 25.6 Å². The van der Waals surface area contributed by atoms with E-state index in [-0.39, 0.29) is 6.10 Å². The summed E-state index contributed by atoms with van der Waals surface area (Å²) in [6.45, 7) is 1.53. The SMILES string of the molecule is COc1ccc(-c2c(-c3ccccc3)oc3ncnc(NCC4CCCO4)c23)cc1. The Kier molecular flexibility index (Phi) is 5.07. The molecule has 0 aliphatic carbocycles. The van der Waals surface area contributed by atoms with E-state index in [4.69, 9.17) is 13.9 Å². The summed E-state index contributed by atoms with van der Waals surface area (Å²) in [6.07, 6.45) is 3.91. The molecular formula is C24H23N3O3. The van der Waals surface area contributed by atoms with Crippen LogP contribution in [0.3, 0.4) is 0 Å². The second-order valence-corrected chi connectivity index (χ2v) is 7.32. The zero-order chi connectivity index (χ0) is 20.3. The second-order valence-electron chi connectivity index (χ2n) is 7.32. The van der Waals surface area contributed by atoms with Crippen molar-refractivity contribution in [3.05, 3.63) is 60.9 Å². The Morgan fingerprint density at radius 1 is 1.03 bits per heavy atom. The van der Waals surface area contributed by atoms with Gasteiger partial charge in [0.1, 0.15) is 23.7 Å². The third kappa shape index (κ3) is 3.50. The van der Waals surface area contributed by atoms with E-state index >= 15 is 0 Å². The zero-order valence-electron chi connectivity index (χ0n) is 16.8. The fraction of sp³-hybridized carbons (Fsp3) is 0.250. The van der Waals surface area contributed by atoms with Crippen molar-refractivity contribution in [1.82, 2.24) is 9.97 Å². The quantitative estimate of drug-likeness (QED) is 0.481. The van der Waals surface area contributed by atoms with Crippen molar-refractivity contribution >= 4 is 16.9 Å². The summed E-state index contributed by atoms with van der Waals surface area (Å²) in [5.74, 6) is 2.34. The number of rotatable bonds is 6. The first-order valence-corrected chi connectivity index (χ1v) is 10.2. The van der Waals surface area contributed by atoms with Crippen molar-refractivity contribution in [3.8, 4) is 28.2 Å². The van der Waals surface area contributed by atoms with Gasteiger partial charge in [-0.3, -0.25) is 0 Å². The van der Waals surface area contributed by atoms with Crippen LogP contribution in [0, 0.1) is 0 Å². The summed E-state index contributed by atoms with van der Waals surface area (Å²) in [4.78, 5) is 8.95. The molecule has 0 bridgehead atoms. The molecule has 5 rings (SSSR count). The third-order valence-electron chi connectivity index (χ3n) is 5.42. The first-order valence-electron chi connectivity index (χ1n) is 10.2. The molecule has 152 valence electrons. The van der Waals surface area contributed by atoms with Crippen LogP contribution >= 0.6 is 0 Å². The highest BCUT2D eigenvalue weighted by Gasteiger charge is 2.23. The van der Waals surface area contributed by atoms with Crippen LogP contribution in [0.4, 0.5) is 5.82 Å². The molecule has 0 spiro atoms. The van der Waals surface area contributed by atoms with Crippen molar-refractivity contribution in [1.29, 1.82) is 0 Å². The minimum atomic E-state index is 0.208. The average molecular weight is 401 g/mol. The lowest BCUT2D eigenvalue weighted by atomic mass is 9.99. The van der Waals surface area contributed by atoms with Crippen LogP contribution in [0.15, 0.2) is 65.3 Å². The highest BCUT2D eigenvalue weighted by molar-refractivity contribution is 6.05. The number of nitrogens with zero attached hydrogens (tertiary/aromatic N) is 2. The number of nitrogens with one attached hydrogen (secondary N) is 1. The predicted octanol–water partition coefficient (Wildman–Crippen LogP) is 5.16. The van der Waals surface area contributed by atoms with E-state index in [1.54, 1.807) is 7.11 Å². The fourth-order valence-corrected chi connectivity index (χ4v) is 3.91. The minimum Gasteiger partial charge on any atom is -0.497 e. The van der Waals surface area contributed by atoms with Gasteiger partial charge in [-0.15, -0.1) is 0 Å². The van der Waals surface area contributed by atoms with Crippen LogP contribution in [0.2, 0.25) is 0 Å². The maximum absolute atomic E-state index is 6.26. The number of furan rings is 1. The normalized spacial score (nSPS) is 16.1. The van der Waals surface area contributed by atoms with Crippen LogP contribution in [0.25, 0.3) is 33.6 Å². The number of hydrogen-bond donors (Lipinski definition) is 1. The Morgan fingerprint density at radius 3 is 2.60 bits per heavy atom. The number of fused-ring (bicyclic) bond motifs is 1. The molecule has 30 heavy (non-hydrogen) atoms. The van der Waals surface area contributed by atoms with Crippen LogP contribution < -0.4 is 10.1 Å². The lowest BCUT2D eigenvalue weighted by Gasteiger charge is -2.12. The summed E-state index contributed by atoms with van der Waals surface area (Å²) < 4.78 is 17.3. The molecule has 0 saturated carbocycles. The fourth-order valence-electron chi connectivity index (χ4n) is 3.91. The molecule has 1 aliphatic heterocycles. The molecule has 3 heterocycles. The molecule has 1 fully saturated rings. The van der Waals surface area contributed by atoms with Crippen LogP contribution in [0.5, 0.6) is 5.75 Å². The molecule has 0 amide bonds. The standard InChI is InChI=1S/C24H23N3O3/c1-28-18-11-9-16(10-12-18)20-21-23(25-14-19-8-5-13-29-19)26-15-27-24(21)30-22(20)17-6-3-2-4-7-17/h2-4,6-7,9-12,15,19H,5,8,13-14H2,1H3,(H,25,26,27). The molecule has 0 radical (unpaired) electrons. The number of aromatic nitrogens is 2. The van der Waals surface area contributed by atoms with Crippen molar-refractivity contribution in [3.63, 3.8) is 0 Å². The zero-order valence-corrected chi connectivity index (χ0v) is 16.8. The summed E-state index contributed by atoms with van der Waals surface area (Å²) in [6, 6.07) is 18.0. The van der Waals surface area contributed by atoms with Crippen molar-refractivity contribution in [2.45, 2.75) is 18.9 Å². The number of hydrogen-bond acceptors (Lipinski definition) is 6. The molecule has 4 aromatic rings. The number of ether oxygens (including phenoxy) is 2. The molecular weight excluding hydrogens is 378 g/mol. The van der Waals surface area contributed by atoms with Crippen molar-refractivity contribution < 1.29 is 13.9 Å². The van der Waals surface area contributed by atoms with Gasteiger partial charge in [-0.1, -0.05) is 42.5 Å². The van der Waals surface area contributed by atoms with E-state index in [1.165, 1.54) is 6.33 Å². The topological polar surface area (TPSA) is 69.4 Å². The lowest BCUT2D eigenvalue weighted by Crippen LogP contribution is -2.19. The van der Waals surface area contributed by atoms with Gasteiger partial charge in [0, 0.05) is 24.3 Å². The van der Waals surface area contributed by atoms with Gasteiger partial charge in [-0.2, -0.15) is 0 Å². The van der Waals surface area contributed by atoms with E-state index in [1.807, 2.05) is 54.6 Å². The largest absolute Gasteiger partial charge is 0.497 e. The van der Waals surface area contributed by atoms with Crippen LogP contribution in [-0.2, 0) is 4.74 Å². The Bertz CT molecular complexity index is 1130. The van der Waals surface area contributed by atoms with E-state index in [0.717, 1.165) is 58.9 Å². The average Bonchev–Trinajstić information content (AvgIpc) is 3.46. The molecule has 6 heteroatoms. The highest BCUT2D eigenvalue weighted by atomic mass is 16.5. The van der Waals surface area contributed by atoms with Crippen LogP contribution in [0.1, 0.15) is 12.8 Å². The Hall–Kier alpha value is -3.38. The Morgan fingerprint density at radius 2 is 1.87 bits per heavy atom. The molecule has 1 saturated heterocycles. The second kappa shape index (κ2) is 8.16. The molecule has 1 atom stereocenters. The van der Waals surface area contributed by atoms with Gasteiger partial charge in [-0.25, -0.2) is 9.97 Å². The molecule has 6 nitrogen and oxygen atoms in total. The van der Waals surface area contributed by atoms with Gasteiger partial charge < -0.3 is 19.2 Å². The van der Waals surface area contributed by atoms with Gasteiger partial charge in [0.15, 0.2) is 0 Å². The van der Waals surface area contributed by atoms with Gasteiger partial charge in [-0.05, 0) is 30.5 Å². The van der Waals surface area contributed by atoms with E-state index in [2.05, 4.69) is 15.3 Å². The van der Waals surface area contributed by atoms with Gasteiger partial charge in [0.05, 0.1) is 18.6 Å². The molecule has 1 unspecified atom stereocenters. The van der Waals surface area contributed by atoms with E-state index in [0.29, 0.717) is 12.3 Å². The molecule has 2 aromatic heterocycles. The van der Waals surface area contributed by atoms with Gasteiger partial charge in [0.25, 0.3) is 0 Å². The highest BCUT2D eigenvalue weighted by Crippen LogP contribution is 2.42. The summed E-state index contributed by atoms with van der Waals surface area (Å²) in [5, 5.41) is 4.34. The van der Waals surface area contributed by atoms with E-state index in [9.17, 15) is 0 Å². The molecule has 2 aromatic carbocycles. The molecule has 1 aliphatic rings. The lowest BCUT2D eigenvalue weighted by molar-refractivity contribution is 0.120.